The average molecular weight is 355 g/mol. The van der Waals surface area contributed by atoms with Gasteiger partial charge in [-0.15, -0.1) is 0 Å². The molecular weight excluding hydrogens is 340 g/mol. The van der Waals surface area contributed by atoms with Crippen LogP contribution in [0.4, 0.5) is 8.78 Å². The van der Waals surface area contributed by atoms with Crippen LogP contribution in [0, 0.1) is 11.3 Å². The van der Waals surface area contributed by atoms with E-state index in [9.17, 15) is 14.0 Å². The molecule has 1 aliphatic carbocycles. The van der Waals surface area contributed by atoms with E-state index in [2.05, 4.69) is 20.8 Å². The lowest BCUT2D eigenvalue weighted by Gasteiger charge is -2.12. The number of fused-ring (bicyclic) bond motifs is 1. The number of aromatic nitrogens is 2. The molecule has 0 bridgehead atoms. The van der Waals surface area contributed by atoms with E-state index < -0.39 is 12.0 Å². The van der Waals surface area contributed by atoms with Gasteiger partial charge < -0.3 is 14.5 Å². The Bertz CT molecular complexity index is 978. The van der Waals surface area contributed by atoms with E-state index in [-0.39, 0.29) is 17.4 Å². The second-order valence-corrected chi connectivity index (χ2v) is 6.23. The van der Waals surface area contributed by atoms with Crippen molar-refractivity contribution in [2.45, 2.75) is 24.4 Å². The summed E-state index contributed by atoms with van der Waals surface area (Å²) in [6.45, 7) is -2.93. The number of para-hydroxylation sites is 2. The third-order valence-corrected chi connectivity index (χ3v) is 4.78. The Morgan fingerprint density at radius 1 is 1.27 bits per heavy atom. The number of hydrogen-bond donors (Lipinski definition) is 1. The fourth-order valence-electron chi connectivity index (χ4n) is 3.36. The van der Waals surface area contributed by atoms with E-state index in [0.29, 0.717) is 12.2 Å². The van der Waals surface area contributed by atoms with Crippen molar-refractivity contribution in [1.82, 2.24) is 9.97 Å². The molecule has 2 atom stereocenters. The number of H-pyrrole nitrogens is 1. The third-order valence-electron chi connectivity index (χ3n) is 4.78. The van der Waals surface area contributed by atoms with E-state index in [1.54, 1.807) is 12.1 Å². The summed E-state index contributed by atoms with van der Waals surface area (Å²) >= 11 is 0. The molecular formula is C19H15F2N3O2. The zero-order valence-corrected chi connectivity index (χ0v) is 13.9. The van der Waals surface area contributed by atoms with Gasteiger partial charge >= 0.3 is 6.61 Å². The number of alkyl halides is 2. The molecule has 1 N–H and O–H groups in total. The van der Waals surface area contributed by atoms with E-state index in [1.807, 2.05) is 24.3 Å². The van der Waals surface area contributed by atoms with Crippen molar-refractivity contribution in [2.24, 2.45) is 0 Å². The van der Waals surface area contributed by atoms with Gasteiger partial charge in [-0.1, -0.05) is 18.2 Å². The SMILES string of the molecule is COc1cc([C@@H]2C[C@]2(C#N)c2nc3ccccc3[nH]2)ccc1OC(F)F. The van der Waals surface area contributed by atoms with Gasteiger partial charge in [0.1, 0.15) is 11.2 Å². The zero-order valence-electron chi connectivity index (χ0n) is 13.9. The minimum atomic E-state index is -2.93. The third kappa shape index (κ3) is 2.54. The average Bonchev–Trinajstić information content (AvgIpc) is 3.23. The monoisotopic (exact) mass is 355 g/mol. The summed E-state index contributed by atoms with van der Waals surface area (Å²) in [5, 5.41) is 9.80. The number of hydrogen-bond acceptors (Lipinski definition) is 4. The number of nitrogens with zero attached hydrogens (tertiary/aromatic N) is 2. The van der Waals surface area contributed by atoms with Crippen molar-refractivity contribution in [1.29, 1.82) is 5.26 Å². The molecule has 1 fully saturated rings. The van der Waals surface area contributed by atoms with Gasteiger partial charge in [0, 0.05) is 5.92 Å². The minimum Gasteiger partial charge on any atom is -0.493 e. The van der Waals surface area contributed by atoms with Crippen LogP contribution in [0.25, 0.3) is 11.0 Å². The van der Waals surface area contributed by atoms with Gasteiger partial charge in [0.25, 0.3) is 0 Å². The second kappa shape index (κ2) is 5.99. The van der Waals surface area contributed by atoms with E-state index in [4.69, 9.17) is 4.74 Å². The highest BCUT2D eigenvalue weighted by Crippen LogP contribution is 2.60. The Morgan fingerprint density at radius 3 is 2.77 bits per heavy atom. The van der Waals surface area contributed by atoms with Crippen LogP contribution in [0.2, 0.25) is 0 Å². The summed E-state index contributed by atoms with van der Waals surface area (Å²) in [5.41, 5.74) is 1.75. The first-order valence-electron chi connectivity index (χ1n) is 8.06. The minimum absolute atomic E-state index is 0.0294. The number of benzene rings is 2. The number of halogens is 2. The molecule has 5 nitrogen and oxygen atoms in total. The smallest absolute Gasteiger partial charge is 0.387 e. The number of imidazole rings is 1. The Kier molecular flexibility index (Phi) is 3.76. The van der Waals surface area contributed by atoms with Crippen LogP contribution in [0.3, 0.4) is 0 Å². The molecule has 1 heterocycles. The normalized spacial score (nSPS) is 21.6. The first-order chi connectivity index (χ1) is 12.6. The predicted octanol–water partition coefficient (Wildman–Crippen LogP) is 4.12. The van der Waals surface area contributed by atoms with Crippen LogP contribution in [0.15, 0.2) is 42.5 Å². The molecule has 0 radical (unpaired) electrons. The summed E-state index contributed by atoms with van der Waals surface area (Å²) in [6.07, 6.45) is 0.599. The van der Waals surface area contributed by atoms with Crippen LogP contribution in [-0.2, 0) is 5.41 Å². The number of methoxy groups -OCH3 is 1. The maximum Gasteiger partial charge on any atom is 0.387 e. The van der Waals surface area contributed by atoms with Gasteiger partial charge in [0.15, 0.2) is 11.5 Å². The maximum absolute atomic E-state index is 12.5. The number of rotatable bonds is 5. The van der Waals surface area contributed by atoms with Gasteiger partial charge in [-0.05, 0) is 36.2 Å². The molecule has 0 amide bonds. The van der Waals surface area contributed by atoms with Crippen LogP contribution in [-0.4, -0.2) is 23.7 Å². The largest absolute Gasteiger partial charge is 0.493 e. The molecule has 0 saturated heterocycles. The van der Waals surface area contributed by atoms with Gasteiger partial charge in [0.2, 0.25) is 0 Å². The number of aromatic amines is 1. The molecule has 26 heavy (non-hydrogen) atoms. The first kappa shape index (κ1) is 16.3. The summed E-state index contributed by atoms with van der Waals surface area (Å²) in [4.78, 5) is 7.79. The zero-order chi connectivity index (χ0) is 18.3. The predicted molar refractivity (Wildman–Crippen MR) is 90.4 cm³/mol. The molecule has 1 aromatic heterocycles. The summed E-state index contributed by atoms with van der Waals surface area (Å²) in [5.74, 6) is 0.713. The number of nitrogens with one attached hydrogen (secondary N) is 1. The lowest BCUT2D eigenvalue weighted by molar-refractivity contribution is -0.0512. The highest BCUT2D eigenvalue weighted by Gasteiger charge is 2.59. The lowest BCUT2D eigenvalue weighted by Crippen LogP contribution is -2.09. The molecule has 4 rings (SSSR count). The van der Waals surface area contributed by atoms with Crippen molar-refractivity contribution in [3.05, 3.63) is 53.9 Å². The standard InChI is InChI=1S/C19H15F2N3O2/c1-25-16-8-11(6-7-15(16)26-18(20)21)12-9-19(12,10-22)17-23-13-4-2-3-5-14(13)24-17/h2-8,12,18H,9H2,1H3,(H,23,24)/t12-,19+/m0/s1. The Balaban J connectivity index is 1.68. The van der Waals surface area contributed by atoms with Crippen LogP contribution < -0.4 is 9.47 Å². The lowest BCUT2D eigenvalue weighted by atomic mass is 9.99. The second-order valence-electron chi connectivity index (χ2n) is 6.23. The Hall–Kier alpha value is -3.14. The topological polar surface area (TPSA) is 70.9 Å². The summed E-state index contributed by atoms with van der Waals surface area (Å²) in [6, 6.07) is 14.7. The van der Waals surface area contributed by atoms with Crippen molar-refractivity contribution >= 4 is 11.0 Å². The van der Waals surface area contributed by atoms with Crippen LogP contribution in [0.5, 0.6) is 11.5 Å². The molecule has 3 aromatic rings. The van der Waals surface area contributed by atoms with Crippen molar-refractivity contribution in [3.8, 4) is 17.6 Å². The molecule has 1 saturated carbocycles. The highest BCUT2D eigenvalue weighted by atomic mass is 19.3. The van der Waals surface area contributed by atoms with Crippen molar-refractivity contribution in [3.63, 3.8) is 0 Å². The Labute approximate surface area is 148 Å². The van der Waals surface area contributed by atoms with E-state index in [0.717, 1.165) is 16.6 Å². The number of nitriles is 1. The highest BCUT2D eigenvalue weighted by molar-refractivity contribution is 5.75. The van der Waals surface area contributed by atoms with Gasteiger partial charge in [-0.2, -0.15) is 14.0 Å². The summed E-state index contributed by atoms with van der Waals surface area (Å²) < 4.78 is 34.6. The molecule has 1 aliphatic rings. The van der Waals surface area contributed by atoms with Crippen molar-refractivity contribution in [2.75, 3.05) is 7.11 Å². The first-order valence-corrected chi connectivity index (χ1v) is 8.06. The van der Waals surface area contributed by atoms with Crippen molar-refractivity contribution < 1.29 is 18.3 Å². The maximum atomic E-state index is 12.5. The molecule has 0 spiro atoms. The van der Waals surface area contributed by atoms with Gasteiger partial charge in [-0.25, -0.2) is 4.98 Å². The molecule has 2 aromatic carbocycles. The van der Waals surface area contributed by atoms with E-state index >= 15 is 0 Å². The van der Waals surface area contributed by atoms with Gasteiger partial charge in [0.05, 0.1) is 24.2 Å². The molecule has 7 heteroatoms. The molecule has 0 aliphatic heterocycles. The van der Waals surface area contributed by atoms with Crippen LogP contribution >= 0.6 is 0 Å². The summed E-state index contributed by atoms with van der Waals surface area (Å²) in [7, 11) is 1.39. The quantitative estimate of drug-likeness (QED) is 0.747. The molecule has 0 unspecified atom stereocenters. The molecule has 132 valence electrons. The van der Waals surface area contributed by atoms with E-state index in [1.165, 1.54) is 13.2 Å². The van der Waals surface area contributed by atoms with Gasteiger partial charge in [-0.3, -0.25) is 0 Å². The van der Waals surface area contributed by atoms with Crippen LogP contribution in [0.1, 0.15) is 23.7 Å². The Morgan fingerprint density at radius 2 is 2.08 bits per heavy atom. The fraction of sp³-hybridized carbons (Fsp3) is 0.263. The fourth-order valence-corrected chi connectivity index (χ4v) is 3.36. The number of ether oxygens (including phenoxy) is 2.